The molecule has 1 aromatic heterocycles. The maximum absolute atomic E-state index is 12.1. The quantitative estimate of drug-likeness (QED) is 0.878. The van der Waals surface area contributed by atoms with E-state index in [4.69, 9.17) is 4.74 Å². The van der Waals surface area contributed by atoms with Gasteiger partial charge in [-0.2, -0.15) is 0 Å². The van der Waals surface area contributed by atoms with Gasteiger partial charge in [0, 0.05) is 11.7 Å². The molecule has 0 amide bonds. The van der Waals surface area contributed by atoms with Crippen LogP contribution in [0.2, 0.25) is 0 Å². The number of nitrogens with zero attached hydrogens (tertiary/aromatic N) is 2. The summed E-state index contributed by atoms with van der Waals surface area (Å²) >= 11 is 0. The van der Waals surface area contributed by atoms with Gasteiger partial charge in [-0.1, -0.05) is 18.2 Å². The van der Waals surface area contributed by atoms with Crippen LogP contribution in [-0.4, -0.2) is 28.6 Å². The predicted octanol–water partition coefficient (Wildman–Crippen LogP) is 2.03. The van der Waals surface area contributed by atoms with E-state index in [2.05, 4.69) is 23.0 Å². The normalized spacial score (nSPS) is 16.5. The molecule has 6 heteroatoms. The van der Waals surface area contributed by atoms with Crippen molar-refractivity contribution in [1.29, 1.82) is 0 Å². The molecule has 1 aliphatic heterocycles. The summed E-state index contributed by atoms with van der Waals surface area (Å²) in [5.41, 5.74) is 1.68. The van der Waals surface area contributed by atoms with Crippen LogP contribution in [-0.2, 0) is 11.2 Å². The van der Waals surface area contributed by atoms with E-state index in [9.17, 15) is 9.59 Å². The smallest absolute Gasteiger partial charge is 0.345 e. The third-order valence-electron chi connectivity index (χ3n) is 3.72. The largest absolute Gasteiger partial charge is 0.462 e. The Labute approximate surface area is 127 Å². The zero-order valence-electron chi connectivity index (χ0n) is 12.5. The molecule has 1 aromatic carbocycles. The zero-order valence-corrected chi connectivity index (χ0v) is 12.5. The Balaban J connectivity index is 1.98. The number of aromatic nitrogens is 2. The van der Waals surface area contributed by atoms with Crippen LogP contribution in [0.4, 0.5) is 11.6 Å². The molecule has 0 saturated carbocycles. The number of H-pyrrole nitrogens is 1. The Morgan fingerprint density at radius 1 is 1.45 bits per heavy atom. The van der Waals surface area contributed by atoms with Gasteiger partial charge in [-0.15, -0.1) is 0 Å². The number of anilines is 2. The van der Waals surface area contributed by atoms with Gasteiger partial charge in [-0.3, -0.25) is 9.78 Å². The van der Waals surface area contributed by atoms with Crippen LogP contribution < -0.4 is 10.5 Å². The molecule has 1 atom stereocenters. The van der Waals surface area contributed by atoms with Gasteiger partial charge in [-0.05, 0) is 31.9 Å². The van der Waals surface area contributed by atoms with Gasteiger partial charge >= 0.3 is 5.97 Å². The van der Waals surface area contributed by atoms with E-state index in [1.807, 2.05) is 23.1 Å². The lowest BCUT2D eigenvalue weighted by Gasteiger charge is -2.23. The fourth-order valence-corrected chi connectivity index (χ4v) is 2.75. The molecule has 1 aliphatic rings. The predicted molar refractivity (Wildman–Crippen MR) is 82.6 cm³/mol. The SMILES string of the molecule is CCOC(=O)c1cnc(N2c3ccccc3C[C@H]2C)[nH]c1=O. The van der Waals surface area contributed by atoms with Crippen LogP contribution in [0, 0.1) is 0 Å². The molecule has 0 unspecified atom stereocenters. The number of carbonyl (C=O) groups excluding carboxylic acids is 1. The molecule has 114 valence electrons. The monoisotopic (exact) mass is 299 g/mol. The third kappa shape index (κ3) is 2.36. The molecule has 22 heavy (non-hydrogen) atoms. The number of carbonyl (C=O) groups is 1. The molecule has 0 saturated heterocycles. The third-order valence-corrected chi connectivity index (χ3v) is 3.72. The van der Waals surface area contributed by atoms with Crippen molar-refractivity contribution in [3.63, 3.8) is 0 Å². The molecule has 1 N–H and O–H groups in total. The summed E-state index contributed by atoms with van der Waals surface area (Å²) in [5, 5.41) is 0. The highest BCUT2D eigenvalue weighted by atomic mass is 16.5. The Kier molecular flexibility index (Phi) is 3.66. The number of para-hydroxylation sites is 1. The molecule has 2 aromatic rings. The first-order chi connectivity index (χ1) is 10.6. The molecular formula is C16H17N3O3. The average Bonchev–Trinajstić information content (AvgIpc) is 2.83. The van der Waals surface area contributed by atoms with Crippen LogP contribution in [0.1, 0.15) is 29.8 Å². The number of esters is 1. The van der Waals surface area contributed by atoms with Gasteiger partial charge in [0.1, 0.15) is 5.56 Å². The number of hydrogen-bond acceptors (Lipinski definition) is 5. The van der Waals surface area contributed by atoms with Gasteiger partial charge < -0.3 is 9.64 Å². The van der Waals surface area contributed by atoms with Crippen LogP contribution in [0.25, 0.3) is 0 Å². The Morgan fingerprint density at radius 3 is 2.95 bits per heavy atom. The van der Waals surface area contributed by atoms with Gasteiger partial charge in [-0.25, -0.2) is 9.78 Å². The van der Waals surface area contributed by atoms with Crippen molar-refractivity contribution in [3.05, 3.63) is 51.9 Å². The summed E-state index contributed by atoms with van der Waals surface area (Å²) in [6.07, 6.45) is 2.17. The molecule has 0 aliphatic carbocycles. The van der Waals surface area contributed by atoms with E-state index in [1.54, 1.807) is 6.92 Å². The lowest BCUT2D eigenvalue weighted by molar-refractivity contribution is 0.0524. The van der Waals surface area contributed by atoms with Gasteiger partial charge in [0.2, 0.25) is 5.95 Å². The first-order valence-corrected chi connectivity index (χ1v) is 7.25. The number of ether oxygens (including phenoxy) is 1. The van der Waals surface area contributed by atoms with Crippen LogP contribution >= 0.6 is 0 Å². The number of aromatic amines is 1. The van der Waals surface area contributed by atoms with Crippen molar-refractivity contribution in [2.75, 3.05) is 11.5 Å². The van der Waals surface area contributed by atoms with E-state index in [-0.39, 0.29) is 18.2 Å². The number of hydrogen-bond donors (Lipinski definition) is 1. The summed E-state index contributed by atoms with van der Waals surface area (Å²) in [4.78, 5) is 32.7. The number of fused-ring (bicyclic) bond motifs is 1. The standard InChI is InChI=1S/C16H17N3O3/c1-3-22-15(21)12-9-17-16(18-14(12)20)19-10(2)8-11-6-4-5-7-13(11)19/h4-7,9-10H,3,8H2,1-2H3,(H,17,18,20)/t10-/m1/s1. The molecule has 3 rings (SSSR count). The molecule has 0 bridgehead atoms. The van der Waals surface area contributed by atoms with Crippen molar-refractivity contribution < 1.29 is 9.53 Å². The van der Waals surface area contributed by atoms with Gasteiger partial charge in [0.15, 0.2) is 0 Å². The maximum Gasteiger partial charge on any atom is 0.345 e. The fraction of sp³-hybridized carbons (Fsp3) is 0.312. The summed E-state index contributed by atoms with van der Waals surface area (Å²) < 4.78 is 4.84. The summed E-state index contributed by atoms with van der Waals surface area (Å²) in [6, 6.07) is 8.20. The second-order valence-corrected chi connectivity index (χ2v) is 5.22. The summed E-state index contributed by atoms with van der Waals surface area (Å²) in [7, 11) is 0. The van der Waals surface area contributed by atoms with Crippen molar-refractivity contribution in [2.45, 2.75) is 26.3 Å². The second kappa shape index (κ2) is 5.63. The van der Waals surface area contributed by atoms with Crippen molar-refractivity contribution >= 4 is 17.6 Å². The lowest BCUT2D eigenvalue weighted by Crippen LogP contribution is -2.29. The topological polar surface area (TPSA) is 75.3 Å². The minimum Gasteiger partial charge on any atom is -0.462 e. The minimum absolute atomic E-state index is 0.0780. The van der Waals surface area contributed by atoms with Crippen LogP contribution in [0.15, 0.2) is 35.3 Å². The maximum atomic E-state index is 12.1. The van der Waals surface area contributed by atoms with Crippen molar-refractivity contribution in [2.24, 2.45) is 0 Å². The van der Waals surface area contributed by atoms with E-state index in [0.29, 0.717) is 5.95 Å². The highest BCUT2D eigenvalue weighted by molar-refractivity contribution is 5.88. The van der Waals surface area contributed by atoms with Crippen LogP contribution in [0.3, 0.4) is 0 Å². The molecule has 2 heterocycles. The van der Waals surface area contributed by atoms with Crippen molar-refractivity contribution in [3.8, 4) is 0 Å². The first kappa shape index (κ1) is 14.3. The van der Waals surface area contributed by atoms with E-state index in [1.165, 1.54) is 11.8 Å². The average molecular weight is 299 g/mol. The van der Waals surface area contributed by atoms with Gasteiger partial charge in [0.25, 0.3) is 5.56 Å². The molecule has 0 radical (unpaired) electrons. The fourth-order valence-electron chi connectivity index (χ4n) is 2.75. The lowest BCUT2D eigenvalue weighted by atomic mass is 10.1. The molecule has 0 fully saturated rings. The van der Waals surface area contributed by atoms with Crippen LogP contribution in [0.5, 0.6) is 0 Å². The minimum atomic E-state index is -0.655. The summed E-state index contributed by atoms with van der Waals surface area (Å²) in [5.74, 6) is -0.215. The Hall–Kier alpha value is -2.63. The number of nitrogens with one attached hydrogen (secondary N) is 1. The highest BCUT2D eigenvalue weighted by Gasteiger charge is 2.28. The van der Waals surface area contributed by atoms with E-state index >= 15 is 0 Å². The second-order valence-electron chi connectivity index (χ2n) is 5.22. The van der Waals surface area contributed by atoms with Gasteiger partial charge in [0.05, 0.1) is 12.8 Å². The number of rotatable bonds is 3. The van der Waals surface area contributed by atoms with Crippen molar-refractivity contribution in [1.82, 2.24) is 9.97 Å². The van der Waals surface area contributed by atoms with E-state index < -0.39 is 11.5 Å². The number of benzene rings is 1. The Bertz CT molecular complexity index is 769. The summed E-state index contributed by atoms with van der Waals surface area (Å²) in [6.45, 7) is 3.98. The highest BCUT2D eigenvalue weighted by Crippen LogP contribution is 2.35. The zero-order chi connectivity index (χ0) is 15.7. The molecule has 6 nitrogen and oxygen atoms in total. The molecular weight excluding hydrogens is 282 g/mol. The first-order valence-electron chi connectivity index (χ1n) is 7.25. The van der Waals surface area contributed by atoms with E-state index in [0.717, 1.165) is 12.1 Å². The Morgan fingerprint density at radius 2 is 2.23 bits per heavy atom. The molecule has 0 spiro atoms.